The number of amides is 1. The summed E-state index contributed by atoms with van der Waals surface area (Å²) in [6, 6.07) is 10.5. The van der Waals surface area contributed by atoms with Gasteiger partial charge in [-0.25, -0.2) is 0 Å². The molecular formula is C25H39N3O5. The quantitative estimate of drug-likeness (QED) is 0.560. The average Bonchev–Trinajstić information content (AvgIpc) is 2.82. The van der Waals surface area contributed by atoms with Gasteiger partial charge < -0.3 is 24.6 Å². The van der Waals surface area contributed by atoms with Gasteiger partial charge in [0.15, 0.2) is 0 Å². The molecule has 0 spiro atoms. The molecule has 3 saturated heterocycles. The van der Waals surface area contributed by atoms with Gasteiger partial charge in [0.25, 0.3) is 0 Å². The molecule has 4 atom stereocenters. The zero-order chi connectivity index (χ0) is 22.9. The Bertz CT molecular complexity index is 715. The lowest BCUT2D eigenvalue weighted by Crippen LogP contribution is -2.55. The minimum Gasteiger partial charge on any atom is -0.389 e. The third-order valence-corrected chi connectivity index (χ3v) is 6.81. The molecule has 1 aromatic rings. The van der Waals surface area contributed by atoms with Gasteiger partial charge in [-0.3, -0.25) is 14.6 Å². The summed E-state index contributed by atoms with van der Waals surface area (Å²) in [5, 5.41) is 13.4. The Morgan fingerprint density at radius 1 is 1.09 bits per heavy atom. The predicted molar refractivity (Wildman–Crippen MR) is 125 cm³/mol. The van der Waals surface area contributed by atoms with Crippen molar-refractivity contribution in [3.05, 3.63) is 35.9 Å². The van der Waals surface area contributed by atoms with Gasteiger partial charge in [0, 0.05) is 38.8 Å². The first kappa shape index (κ1) is 24.6. The number of aliphatic hydroxyl groups excluding tert-OH is 1. The number of aliphatic hydroxyl groups is 1. The number of rotatable bonds is 8. The predicted octanol–water partition coefficient (Wildman–Crippen LogP) is 1.02. The molecule has 0 saturated carbocycles. The number of β-amino-alcohol motifs (C(OH)–C–C–N with tert-alkyl or cyclic N) is 1. The van der Waals surface area contributed by atoms with E-state index in [2.05, 4.69) is 27.2 Å². The van der Waals surface area contributed by atoms with Gasteiger partial charge in [0.2, 0.25) is 5.91 Å². The van der Waals surface area contributed by atoms with Crippen molar-refractivity contribution in [3.8, 4) is 0 Å². The summed E-state index contributed by atoms with van der Waals surface area (Å²) in [7, 11) is 0. The Kier molecular flexibility index (Phi) is 9.52. The van der Waals surface area contributed by atoms with Gasteiger partial charge >= 0.3 is 0 Å². The summed E-state index contributed by atoms with van der Waals surface area (Å²) >= 11 is 0. The smallest absolute Gasteiger partial charge is 0.222 e. The maximum Gasteiger partial charge on any atom is 0.222 e. The highest BCUT2D eigenvalue weighted by Gasteiger charge is 2.38. The number of fused-ring (bicyclic) bond motifs is 1. The summed E-state index contributed by atoms with van der Waals surface area (Å²) in [6.07, 6.45) is 2.43. The molecule has 8 nitrogen and oxygen atoms in total. The fourth-order valence-corrected chi connectivity index (χ4v) is 5.08. The molecule has 2 N–H and O–H groups in total. The SMILES string of the molecule is O=C(C[C@@H]1CC[C@H]2[C@@H](COC[C@@H](O)CN2Cc2ccccc2)O1)NCCCN1CCOCC1. The van der Waals surface area contributed by atoms with Crippen molar-refractivity contribution in [2.75, 3.05) is 59.2 Å². The molecule has 184 valence electrons. The maximum absolute atomic E-state index is 12.5. The molecular weight excluding hydrogens is 422 g/mol. The van der Waals surface area contributed by atoms with Crippen LogP contribution in [0.3, 0.4) is 0 Å². The first-order chi connectivity index (χ1) is 16.2. The highest BCUT2D eigenvalue weighted by atomic mass is 16.5. The van der Waals surface area contributed by atoms with Crippen molar-refractivity contribution in [1.82, 2.24) is 15.1 Å². The first-order valence-corrected chi connectivity index (χ1v) is 12.4. The van der Waals surface area contributed by atoms with Crippen LogP contribution < -0.4 is 5.32 Å². The first-order valence-electron chi connectivity index (χ1n) is 12.4. The third-order valence-electron chi connectivity index (χ3n) is 6.81. The van der Waals surface area contributed by atoms with Crippen LogP contribution >= 0.6 is 0 Å². The van der Waals surface area contributed by atoms with E-state index in [9.17, 15) is 9.90 Å². The lowest BCUT2D eigenvalue weighted by molar-refractivity contribution is -0.158. The normalized spacial score (nSPS) is 29.6. The maximum atomic E-state index is 12.5. The lowest BCUT2D eigenvalue weighted by atomic mass is 9.94. The van der Waals surface area contributed by atoms with E-state index in [-0.39, 0.29) is 24.2 Å². The molecule has 0 aromatic heterocycles. The topological polar surface area (TPSA) is 83.5 Å². The van der Waals surface area contributed by atoms with Crippen LogP contribution in [0.15, 0.2) is 30.3 Å². The molecule has 3 fully saturated rings. The lowest BCUT2D eigenvalue weighted by Gasteiger charge is -2.44. The molecule has 0 radical (unpaired) electrons. The largest absolute Gasteiger partial charge is 0.389 e. The van der Waals surface area contributed by atoms with E-state index in [1.807, 2.05) is 18.2 Å². The van der Waals surface area contributed by atoms with Crippen LogP contribution in [0.2, 0.25) is 0 Å². The van der Waals surface area contributed by atoms with Crippen LogP contribution in [0.4, 0.5) is 0 Å². The zero-order valence-electron chi connectivity index (χ0n) is 19.6. The fourth-order valence-electron chi connectivity index (χ4n) is 5.08. The Morgan fingerprint density at radius 3 is 2.73 bits per heavy atom. The Hall–Kier alpha value is -1.55. The van der Waals surface area contributed by atoms with E-state index in [1.165, 1.54) is 5.56 Å². The number of benzene rings is 1. The highest BCUT2D eigenvalue weighted by molar-refractivity contribution is 5.76. The van der Waals surface area contributed by atoms with Gasteiger partial charge in [-0.1, -0.05) is 30.3 Å². The van der Waals surface area contributed by atoms with Crippen LogP contribution in [0.1, 0.15) is 31.2 Å². The summed E-state index contributed by atoms with van der Waals surface area (Å²) in [6.45, 7) is 7.35. The second-order valence-corrected chi connectivity index (χ2v) is 9.41. The number of hydrogen-bond acceptors (Lipinski definition) is 7. The Morgan fingerprint density at radius 2 is 1.91 bits per heavy atom. The van der Waals surface area contributed by atoms with Crippen molar-refractivity contribution in [2.45, 2.75) is 56.6 Å². The monoisotopic (exact) mass is 461 g/mol. The van der Waals surface area contributed by atoms with E-state index >= 15 is 0 Å². The van der Waals surface area contributed by atoms with Crippen LogP contribution in [-0.2, 0) is 25.5 Å². The van der Waals surface area contributed by atoms with Crippen LogP contribution in [0.5, 0.6) is 0 Å². The molecule has 33 heavy (non-hydrogen) atoms. The van der Waals surface area contributed by atoms with Crippen molar-refractivity contribution in [2.24, 2.45) is 0 Å². The molecule has 3 heterocycles. The molecule has 0 unspecified atom stereocenters. The molecule has 3 aliphatic rings. The number of carbonyl (C=O) groups excluding carboxylic acids is 1. The van der Waals surface area contributed by atoms with E-state index < -0.39 is 6.10 Å². The average molecular weight is 462 g/mol. The zero-order valence-corrected chi connectivity index (χ0v) is 19.6. The summed E-state index contributed by atoms with van der Waals surface area (Å²) in [4.78, 5) is 17.2. The van der Waals surface area contributed by atoms with Crippen LogP contribution in [0.25, 0.3) is 0 Å². The van der Waals surface area contributed by atoms with Crippen LogP contribution in [-0.4, -0.2) is 104 Å². The third kappa shape index (κ3) is 7.73. The van der Waals surface area contributed by atoms with Gasteiger partial charge in [-0.05, 0) is 31.4 Å². The Balaban J connectivity index is 1.23. The minimum atomic E-state index is -0.504. The Labute approximate surface area is 197 Å². The molecule has 4 rings (SSSR count). The number of ether oxygens (including phenoxy) is 3. The molecule has 8 heteroatoms. The standard InChI is InChI=1S/C25H39N3O5/c29-21-17-28(16-20-5-2-1-3-6-20)23-8-7-22(33-24(23)19-32-18-21)15-25(30)26-9-4-10-27-11-13-31-14-12-27/h1-3,5-6,21-24,29H,4,7-19H2,(H,26,30)/t21-,22-,23-,24+/m0/s1. The number of nitrogens with zero attached hydrogens (tertiary/aromatic N) is 2. The van der Waals surface area contributed by atoms with Crippen molar-refractivity contribution < 1.29 is 24.1 Å². The van der Waals surface area contributed by atoms with Crippen molar-refractivity contribution in [3.63, 3.8) is 0 Å². The highest BCUT2D eigenvalue weighted by Crippen LogP contribution is 2.28. The minimum absolute atomic E-state index is 0.0590. The van der Waals surface area contributed by atoms with E-state index in [0.717, 1.165) is 58.7 Å². The summed E-state index contributed by atoms with van der Waals surface area (Å²) in [5.41, 5.74) is 1.23. The van der Waals surface area contributed by atoms with Gasteiger partial charge in [0.05, 0.1) is 51.2 Å². The molecule has 0 aliphatic carbocycles. The van der Waals surface area contributed by atoms with E-state index in [1.54, 1.807) is 0 Å². The van der Waals surface area contributed by atoms with Crippen molar-refractivity contribution in [1.29, 1.82) is 0 Å². The number of nitrogens with one attached hydrogen (secondary N) is 1. The van der Waals surface area contributed by atoms with E-state index in [0.29, 0.717) is 32.7 Å². The van der Waals surface area contributed by atoms with Gasteiger partial charge in [-0.2, -0.15) is 0 Å². The number of hydrogen-bond donors (Lipinski definition) is 2. The van der Waals surface area contributed by atoms with Gasteiger partial charge in [0.1, 0.15) is 0 Å². The molecule has 3 aliphatic heterocycles. The second-order valence-electron chi connectivity index (χ2n) is 9.41. The number of morpholine rings is 1. The molecule has 1 amide bonds. The summed E-state index contributed by atoms with van der Waals surface area (Å²) in [5.74, 6) is 0.0590. The van der Waals surface area contributed by atoms with Crippen LogP contribution in [0, 0.1) is 0 Å². The molecule has 0 bridgehead atoms. The van der Waals surface area contributed by atoms with E-state index in [4.69, 9.17) is 14.2 Å². The second kappa shape index (κ2) is 12.8. The number of carbonyl (C=O) groups is 1. The fraction of sp³-hybridized carbons (Fsp3) is 0.720. The van der Waals surface area contributed by atoms with Crippen molar-refractivity contribution >= 4 is 5.91 Å². The molecule has 1 aromatic carbocycles. The summed E-state index contributed by atoms with van der Waals surface area (Å²) < 4.78 is 17.5. The van der Waals surface area contributed by atoms with Gasteiger partial charge in [-0.15, -0.1) is 0 Å².